The zero-order chi connectivity index (χ0) is 19.2. The molecule has 0 aliphatic carbocycles. The fourth-order valence-corrected chi connectivity index (χ4v) is 5.07. The molecule has 0 radical (unpaired) electrons. The molecule has 1 aromatic heterocycles. The van der Waals surface area contributed by atoms with Gasteiger partial charge in [0.1, 0.15) is 6.54 Å². The van der Waals surface area contributed by atoms with Crippen LogP contribution in [0.15, 0.2) is 47.4 Å². The molecule has 148 valence electrons. The van der Waals surface area contributed by atoms with Crippen molar-refractivity contribution in [3.05, 3.63) is 58.4 Å². The number of thiazole rings is 1. The lowest BCUT2D eigenvalue weighted by Crippen LogP contribution is -2.39. The first-order chi connectivity index (χ1) is 12.8. The fourth-order valence-electron chi connectivity index (χ4n) is 3.40. The minimum absolute atomic E-state index is 0. The van der Waals surface area contributed by atoms with Gasteiger partial charge in [0.25, 0.3) is 0 Å². The molecule has 2 heterocycles. The molecule has 0 spiro atoms. The van der Waals surface area contributed by atoms with Crippen LogP contribution in [0.3, 0.4) is 0 Å². The Bertz CT molecular complexity index is 1210. The molecule has 28 heavy (non-hydrogen) atoms. The minimum Gasteiger partial charge on any atom is -0.336 e. The molecule has 0 atom stereocenters. The number of nitrogens with one attached hydrogen (secondary N) is 1. The van der Waals surface area contributed by atoms with Gasteiger partial charge < -0.3 is 9.47 Å². The first-order valence-corrected chi connectivity index (χ1v) is 11.3. The van der Waals surface area contributed by atoms with Crippen LogP contribution < -0.4 is 4.80 Å². The summed E-state index contributed by atoms with van der Waals surface area (Å²) in [6.45, 7) is 1.34. The van der Waals surface area contributed by atoms with Crippen LogP contribution >= 0.6 is 23.7 Å². The van der Waals surface area contributed by atoms with E-state index in [1.807, 2.05) is 23.1 Å². The highest BCUT2D eigenvalue weighted by Crippen LogP contribution is 2.23. The predicted molar refractivity (Wildman–Crippen MR) is 112 cm³/mol. The molecular weight excluding hydrogens is 418 g/mol. The average molecular weight is 438 g/mol. The number of benzene rings is 2. The van der Waals surface area contributed by atoms with Crippen molar-refractivity contribution in [2.45, 2.75) is 24.4 Å². The predicted octanol–water partition coefficient (Wildman–Crippen LogP) is 2.59. The van der Waals surface area contributed by atoms with Crippen LogP contribution in [-0.4, -0.2) is 36.6 Å². The van der Waals surface area contributed by atoms with E-state index in [4.69, 9.17) is 5.41 Å². The second-order valence-electron chi connectivity index (χ2n) is 6.73. The third kappa shape index (κ3) is 3.85. The van der Waals surface area contributed by atoms with Crippen LogP contribution in [0.4, 0.5) is 0 Å². The molecule has 1 amide bonds. The summed E-state index contributed by atoms with van der Waals surface area (Å²) in [6.07, 6.45) is 2.00. The second-order valence-corrected chi connectivity index (χ2v) is 9.78. The van der Waals surface area contributed by atoms with E-state index >= 15 is 0 Å². The monoisotopic (exact) mass is 437 g/mol. The molecule has 0 saturated heterocycles. The van der Waals surface area contributed by atoms with Crippen molar-refractivity contribution in [3.8, 4) is 0 Å². The number of amides is 1. The highest BCUT2D eigenvalue weighted by molar-refractivity contribution is 7.90. The largest absolute Gasteiger partial charge is 0.336 e. The standard InChI is InChI=1S/C19H19N3O3S2.ClH/c1-27(24,25)15-6-7-16-17(10-15)26-19(20)22(16)12-18(23)21-9-8-13-4-2-3-5-14(13)11-21;/h2-7,10,20H,8-9,11-12H2,1H3;1H. The summed E-state index contributed by atoms with van der Waals surface area (Å²) >= 11 is 1.18. The molecule has 4 rings (SSSR count). The van der Waals surface area contributed by atoms with Crippen LogP contribution in [0.25, 0.3) is 10.2 Å². The molecule has 0 unspecified atom stereocenters. The first kappa shape index (κ1) is 20.6. The molecule has 9 heteroatoms. The van der Waals surface area contributed by atoms with Gasteiger partial charge in [-0.3, -0.25) is 10.2 Å². The molecule has 2 aromatic carbocycles. The highest BCUT2D eigenvalue weighted by atomic mass is 35.5. The molecule has 1 aliphatic heterocycles. The summed E-state index contributed by atoms with van der Waals surface area (Å²) in [5, 5.41) is 8.21. The molecule has 3 aromatic rings. The number of halogens is 1. The van der Waals surface area contributed by atoms with E-state index in [0.717, 1.165) is 12.7 Å². The normalized spacial score (nSPS) is 13.8. The lowest BCUT2D eigenvalue weighted by molar-refractivity contribution is -0.132. The molecule has 0 bridgehead atoms. The summed E-state index contributed by atoms with van der Waals surface area (Å²) in [4.78, 5) is 15.1. The SMILES string of the molecule is CS(=O)(=O)c1ccc2c(c1)sc(=N)n2CC(=O)N1CCc2ccccc2C1.Cl. The Morgan fingerprint density at radius 1 is 1.18 bits per heavy atom. The van der Waals surface area contributed by atoms with Crippen LogP contribution in [0.1, 0.15) is 11.1 Å². The molecule has 1 N–H and O–H groups in total. The number of carbonyl (C=O) groups excluding carboxylic acids is 1. The van der Waals surface area contributed by atoms with E-state index in [0.29, 0.717) is 23.3 Å². The number of rotatable bonds is 3. The van der Waals surface area contributed by atoms with Crippen molar-refractivity contribution in [2.75, 3.05) is 12.8 Å². The molecule has 6 nitrogen and oxygen atoms in total. The number of sulfone groups is 1. The highest BCUT2D eigenvalue weighted by Gasteiger charge is 2.21. The van der Waals surface area contributed by atoms with Gasteiger partial charge in [-0.25, -0.2) is 8.42 Å². The maximum Gasteiger partial charge on any atom is 0.242 e. The zero-order valence-electron chi connectivity index (χ0n) is 15.2. The number of fused-ring (bicyclic) bond motifs is 2. The summed E-state index contributed by atoms with van der Waals surface area (Å²) in [5.41, 5.74) is 3.16. The third-order valence-corrected chi connectivity index (χ3v) is 6.95. The molecule has 0 saturated carbocycles. The van der Waals surface area contributed by atoms with E-state index in [1.54, 1.807) is 16.7 Å². The quantitative estimate of drug-likeness (QED) is 0.683. The Labute approximate surface area is 173 Å². The molecular formula is C19H20ClN3O3S2. The van der Waals surface area contributed by atoms with Gasteiger partial charge in [0.05, 0.1) is 15.1 Å². The Morgan fingerprint density at radius 2 is 1.89 bits per heavy atom. The number of hydrogen-bond acceptors (Lipinski definition) is 5. The van der Waals surface area contributed by atoms with Crippen molar-refractivity contribution in [1.82, 2.24) is 9.47 Å². The van der Waals surface area contributed by atoms with Crippen molar-refractivity contribution >= 4 is 49.7 Å². The van der Waals surface area contributed by atoms with E-state index in [9.17, 15) is 13.2 Å². The lowest BCUT2D eigenvalue weighted by atomic mass is 10.00. The molecule has 0 fully saturated rings. The summed E-state index contributed by atoms with van der Waals surface area (Å²) in [6, 6.07) is 12.9. The average Bonchev–Trinajstić information content (AvgIpc) is 2.95. The number of carbonyl (C=O) groups is 1. The topological polar surface area (TPSA) is 83.2 Å². The Balaban J connectivity index is 0.00000225. The first-order valence-electron chi connectivity index (χ1n) is 8.55. The zero-order valence-corrected chi connectivity index (χ0v) is 17.7. The van der Waals surface area contributed by atoms with Gasteiger partial charge in [0.2, 0.25) is 5.91 Å². The number of hydrogen-bond donors (Lipinski definition) is 1. The Morgan fingerprint density at radius 3 is 2.61 bits per heavy atom. The van der Waals surface area contributed by atoms with Crippen LogP contribution in [0.5, 0.6) is 0 Å². The van der Waals surface area contributed by atoms with Crippen molar-refractivity contribution in [2.24, 2.45) is 0 Å². The lowest BCUT2D eigenvalue weighted by Gasteiger charge is -2.29. The van der Waals surface area contributed by atoms with E-state index in [2.05, 4.69) is 6.07 Å². The van der Waals surface area contributed by atoms with Gasteiger partial charge in [0.15, 0.2) is 14.6 Å². The minimum atomic E-state index is -3.31. The summed E-state index contributed by atoms with van der Waals surface area (Å²) in [5.74, 6) is -0.0325. The van der Waals surface area contributed by atoms with Gasteiger partial charge in [-0.15, -0.1) is 12.4 Å². The third-order valence-electron chi connectivity index (χ3n) is 4.88. The Hall–Kier alpha value is -2.16. The summed E-state index contributed by atoms with van der Waals surface area (Å²) < 4.78 is 25.8. The van der Waals surface area contributed by atoms with Crippen molar-refractivity contribution in [1.29, 1.82) is 5.41 Å². The van der Waals surface area contributed by atoms with Gasteiger partial charge in [-0.1, -0.05) is 35.6 Å². The van der Waals surface area contributed by atoms with Gasteiger partial charge in [-0.2, -0.15) is 0 Å². The Kier molecular flexibility index (Phi) is 5.65. The fraction of sp³-hybridized carbons (Fsp3) is 0.263. The van der Waals surface area contributed by atoms with Crippen LogP contribution in [-0.2, 0) is 34.1 Å². The van der Waals surface area contributed by atoms with Crippen LogP contribution in [0.2, 0.25) is 0 Å². The maximum atomic E-state index is 12.8. The van der Waals surface area contributed by atoms with Crippen molar-refractivity contribution in [3.63, 3.8) is 0 Å². The number of nitrogens with zero attached hydrogens (tertiary/aromatic N) is 2. The second kappa shape index (κ2) is 7.69. The van der Waals surface area contributed by atoms with E-state index in [1.165, 1.54) is 28.5 Å². The number of aromatic nitrogens is 1. The van der Waals surface area contributed by atoms with Gasteiger partial charge >= 0.3 is 0 Å². The van der Waals surface area contributed by atoms with Crippen molar-refractivity contribution < 1.29 is 13.2 Å². The smallest absolute Gasteiger partial charge is 0.242 e. The maximum absolute atomic E-state index is 12.8. The van der Waals surface area contributed by atoms with Gasteiger partial charge in [-0.05, 0) is 35.7 Å². The van der Waals surface area contributed by atoms with Gasteiger partial charge in [0, 0.05) is 19.3 Å². The van der Waals surface area contributed by atoms with Crippen LogP contribution in [0, 0.1) is 5.41 Å². The molecule has 1 aliphatic rings. The van der Waals surface area contributed by atoms with E-state index < -0.39 is 9.84 Å². The summed E-state index contributed by atoms with van der Waals surface area (Å²) in [7, 11) is -3.31. The van der Waals surface area contributed by atoms with E-state index in [-0.39, 0.29) is 34.6 Å².